The lowest BCUT2D eigenvalue weighted by molar-refractivity contribution is 0.584. The molecule has 2 aromatic rings. The Bertz CT molecular complexity index is 573. The molecule has 1 aromatic heterocycles. The molecule has 0 saturated carbocycles. The maximum atomic E-state index is 13.4. The Labute approximate surface area is 123 Å². The summed E-state index contributed by atoms with van der Waals surface area (Å²) < 4.78 is 26.7. The Hall–Kier alpha value is -1.91. The number of benzene rings is 1. The zero-order valence-electron chi connectivity index (χ0n) is 12.3. The maximum Gasteiger partial charge on any atom is 0.153 e. The summed E-state index contributed by atoms with van der Waals surface area (Å²) in [6, 6.07) is 3.42. The number of rotatable bonds is 7. The van der Waals surface area contributed by atoms with Crippen molar-refractivity contribution in [1.82, 2.24) is 10.2 Å². The van der Waals surface area contributed by atoms with Crippen molar-refractivity contribution < 1.29 is 8.78 Å². The topological polar surface area (TPSA) is 54.7 Å². The van der Waals surface area contributed by atoms with Crippen molar-refractivity contribution in [3.8, 4) is 11.1 Å². The van der Waals surface area contributed by atoms with E-state index in [1.54, 1.807) is 0 Å². The first-order valence-electron chi connectivity index (χ1n) is 7.41. The van der Waals surface area contributed by atoms with Gasteiger partial charge in [-0.1, -0.05) is 32.6 Å². The molecule has 0 bridgehead atoms. The highest BCUT2D eigenvalue weighted by Gasteiger charge is 2.14. The number of nitrogens with two attached hydrogens (primary N) is 1. The Kier molecular flexibility index (Phi) is 5.31. The standard InChI is InChI=1S/C16H21F2N3/c1-2-3-4-5-6-7-14-15(16(19)21-20-14)11-8-12(17)10-13(18)9-11/h8-10H,2-7H2,1H3,(H3,19,20,21). The normalized spacial score (nSPS) is 11.0. The molecule has 0 radical (unpaired) electrons. The van der Waals surface area contributed by atoms with Crippen LogP contribution in [0.25, 0.3) is 11.1 Å². The third-order valence-electron chi connectivity index (χ3n) is 3.55. The summed E-state index contributed by atoms with van der Waals surface area (Å²) in [5.41, 5.74) is 7.73. The number of nitrogens with one attached hydrogen (secondary N) is 1. The van der Waals surface area contributed by atoms with Gasteiger partial charge in [-0.25, -0.2) is 8.78 Å². The summed E-state index contributed by atoms with van der Waals surface area (Å²) in [4.78, 5) is 0. The second-order valence-corrected chi connectivity index (χ2v) is 5.28. The highest BCUT2D eigenvalue weighted by Crippen LogP contribution is 2.30. The quantitative estimate of drug-likeness (QED) is 0.741. The molecule has 0 fully saturated rings. The van der Waals surface area contributed by atoms with Gasteiger partial charge < -0.3 is 5.73 Å². The number of aromatic nitrogens is 2. The Balaban J connectivity index is 2.14. The van der Waals surface area contributed by atoms with E-state index in [1.165, 1.54) is 31.4 Å². The average Bonchev–Trinajstić information content (AvgIpc) is 2.78. The summed E-state index contributed by atoms with van der Waals surface area (Å²) in [7, 11) is 0. The first-order chi connectivity index (χ1) is 10.1. The van der Waals surface area contributed by atoms with Crippen LogP contribution in [0.2, 0.25) is 0 Å². The highest BCUT2D eigenvalue weighted by atomic mass is 19.1. The number of hydrogen-bond donors (Lipinski definition) is 2. The van der Waals surface area contributed by atoms with Gasteiger partial charge in [0.25, 0.3) is 0 Å². The molecule has 114 valence electrons. The van der Waals surface area contributed by atoms with Crippen LogP contribution in [0.3, 0.4) is 0 Å². The van der Waals surface area contributed by atoms with Crippen LogP contribution in [0.4, 0.5) is 14.6 Å². The van der Waals surface area contributed by atoms with Crippen LogP contribution in [0.15, 0.2) is 18.2 Å². The molecule has 0 aliphatic heterocycles. The van der Waals surface area contributed by atoms with Gasteiger partial charge in [0.1, 0.15) is 11.6 Å². The number of halogens is 2. The fourth-order valence-electron chi connectivity index (χ4n) is 2.50. The van der Waals surface area contributed by atoms with Gasteiger partial charge in [-0.05, 0) is 30.5 Å². The van der Waals surface area contributed by atoms with Gasteiger partial charge in [0.15, 0.2) is 5.82 Å². The average molecular weight is 293 g/mol. The van der Waals surface area contributed by atoms with E-state index in [-0.39, 0.29) is 5.82 Å². The molecule has 1 heterocycles. The smallest absolute Gasteiger partial charge is 0.153 e. The largest absolute Gasteiger partial charge is 0.382 e. The van der Waals surface area contributed by atoms with Crippen molar-refractivity contribution in [2.45, 2.75) is 45.4 Å². The van der Waals surface area contributed by atoms with Crippen LogP contribution < -0.4 is 5.73 Å². The predicted octanol–water partition coefficient (Wildman–Crippen LogP) is 4.45. The van der Waals surface area contributed by atoms with Crippen molar-refractivity contribution in [2.24, 2.45) is 0 Å². The fourth-order valence-corrected chi connectivity index (χ4v) is 2.50. The Morgan fingerprint density at radius 1 is 1.05 bits per heavy atom. The molecule has 0 unspecified atom stereocenters. The molecule has 5 heteroatoms. The molecular formula is C16H21F2N3. The van der Waals surface area contributed by atoms with Crippen molar-refractivity contribution in [3.05, 3.63) is 35.5 Å². The number of unbranched alkanes of at least 4 members (excludes halogenated alkanes) is 4. The monoisotopic (exact) mass is 293 g/mol. The second kappa shape index (κ2) is 7.20. The predicted molar refractivity (Wildman–Crippen MR) is 80.8 cm³/mol. The molecule has 0 spiro atoms. The lowest BCUT2D eigenvalue weighted by Crippen LogP contribution is -1.93. The first-order valence-corrected chi connectivity index (χ1v) is 7.41. The molecule has 0 amide bonds. The minimum absolute atomic E-state index is 0.281. The summed E-state index contributed by atoms with van der Waals surface area (Å²) in [5, 5.41) is 6.86. The van der Waals surface area contributed by atoms with Crippen molar-refractivity contribution in [1.29, 1.82) is 0 Å². The number of nitrogens with zero attached hydrogens (tertiary/aromatic N) is 1. The van der Waals surface area contributed by atoms with Gasteiger partial charge in [0.05, 0.1) is 0 Å². The number of hydrogen-bond acceptors (Lipinski definition) is 2. The van der Waals surface area contributed by atoms with Crippen LogP contribution in [0.1, 0.15) is 44.7 Å². The molecule has 0 saturated heterocycles. The van der Waals surface area contributed by atoms with Gasteiger partial charge in [-0.2, -0.15) is 5.10 Å². The fraction of sp³-hybridized carbons (Fsp3) is 0.438. The van der Waals surface area contributed by atoms with Crippen LogP contribution in [-0.2, 0) is 6.42 Å². The number of anilines is 1. The van der Waals surface area contributed by atoms with E-state index < -0.39 is 11.6 Å². The maximum absolute atomic E-state index is 13.4. The van der Waals surface area contributed by atoms with Crippen LogP contribution in [0, 0.1) is 11.6 Å². The highest BCUT2D eigenvalue weighted by molar-refractivity contribution is 5.76. The summed E-state index contributed by atoms with van der Waals surface area (Å²) in [6.07, 6.45) is 6.54. The van der Waals surface area contributed by atoms with E-state index in [0.29, 0.717) is 11.1 Å². The van der Waals surface area contributed by atoms with E-state index >= 15 is 0 Å². The lowest BCUT2D eigenvalue weighted by Gasteiger charge is -2.05. The SMILES string of the molecule is CCCCCCCc1[nH]nc(N)c1-c1cc(F)cc(F)c1. The zero-order valence-corrected chi connectivity index (χ0v) is 12.3. The van der Waals surface area contributed by atoms with Gasteiger partial charge in [0.2, 0.25) is 0 Å². The lowest BCUT2D eigenvalue weighted by atomic mass is 10.0. The molecule has 21 heavy (non-hydrogen) atoms. The Morgan fingerprint density at radius 2 is 1.71 bits per heavy atom. The molecule has 0 aliphatic carbocycles. The molecule has 0 atom stereocenters. The molecule has 1 aromatic carbocycles. The number of H-pyrrole nitrogens is 1. The Morgan fingerprint density at radius 3 is 2.38 bits per heavy atom. The summed E-state index contributed by atoms with van der Waals surface area (Å²) in [6.45, 7) is 2.17. The second-order valence-electron chi connectivity index (χ2n) is 5.28. The van der Waals surface area contributed by atoms with Crippen molar-refractivity contribution in [2.75, 3.05) is 5.73 Å². The van der Waals surface area contributed by atoms with Gasteiger partial charge in [-0.3, -0.25) is 5.10 Å². The summed E-state index contributed by atoms with van der Waals surface area (Å²) in [5.74, 6) is -0.942. The first kappa shape index (κ1) is 15.5. The van der Waals surface area contributed by atoms with Crippen LogP contribution in [0.5, 0.6) is 0 Å². The van der Waals surface area contributed by atoms with E-state index in [1.807, 2.05) is 0 Å². The minimum atomic E-state index is -0.612. The van der Waals surface area contributed by atoms with E-state index in [2.05, 4.69) is 17.1 Å². The van der Waals surface area contributed by atoms with Gasteiger partial charge in [-0.15, -0.1) is 0 Å². The molecular weight excluding hydrogens is 272 g/mol. The number of aromatic amines is 1. The number of nitrogen functional groups attached to an aromatic ring is 1. The zero-order chi connectivity index (χ0) is 15.2. The number of aryl methyl sites for hydroxylation is 1. The summed E-state index contributed by atoms with van der Waals surface area (Å²) >= 11 is 0. The molecule has 3 nitrogen and oxygen atoms in total. The third kappa shape index (κ3) is 4.03. The molecule has 0 aliphatic rings. The van der Waals surface area contributed by atoms with Gasteiger partial charge >= 0.3 is 0 Å². The van der Waals surface area contributed by atoms with Crippen LogP contribution >= 0.6 is 0 Å². The van der Waals surface area contributed by atoms with Crippen molar-refractivity contribution >= 4 is 5.82 Å². The van der Waals surface area contributed by atoms with E-state index in [4.69, 9.17) is 5.73 Å². The van der Waals surface area contributed by atoms with E-state index in [0.717, 1.165) is 31.0 Å². The molecule has 3 N–H and O–H groups in total. The molecule has 2 rings (SSSR count). The minimum Gasteiger partial charge on any atom is -0.382 e. The van der Waals surface area contributed by atoms with Crippen LogP contribution in [-0.4, -0.2) is 10.2 Å². The third-order valence-corrected chi connectivity index (χ3v) is 3.55. The van der Waals surface area contributed by atoms with Gasteiger partial charge in [0, 0.05) is 17.3 Å². The van der Waals surface area contributed by atoms with E-state index in [9.17, 15) is 8.78 Å². The van der Waals surface area contributed by atoms with Crippen molar-refractivity contribution in [3.63, 3.8) is 0 Å².